The van der Waals surface area contributed by atoms with Crippen molar-refractivity contribution in [1.29, 1.82) is 0 Å². The van der Waals surface area contributed by atoms with Gasteiger partial charge in [-0.25, -0.2) is 0 Å². The van der Waals surface area contributed by atoms with E-state index in [1.165, 1.54) is 0 Å². The molecule has 0 aromatic heterocycles. The first kappa shape index (κ1) is 14.6. The van der Waals surface area contributed by atoms with Crippen molar-refractivity contribution in [2.24, 2.45) is 11.5 Å². The van der Waals surface area contributed by atoms with Crippen LogP contribution in [0.1, 0.15) is 17.2 Å². The van der Waals surface area contributed by atoms with Crippen LogP contribution in [0.5, 0.6) is 5.75 Å². The van der Waals surface area contributed by atoms with Crippen LogP contribution in [0.15, 0.2) is 12.1 Å². The summed E-state index contributed by atoms with van der Waals surface area (Å²) in [6.07, 6.45) is 0. The normalized spacial score (nSPS) is 11.7. The summed E-state index contributed by atoms with van der Waals surface area (Å²) in [6.45, 7) is 1.67. The Hall–Kier alpha value is -1.37. The largest absolute Gasteiger partial charge is 0.502 e. The minimum absolute atomic E-state index is 0. The number of benzene rings is 1. The van der Waals surface area contributed by atoms with Gasteiger partial charge in [-0.3, -0.25) is 10.1 Å². The summed E-state index contributed by atoms with van der Waals surface area (Å²) in [7, 11) is 0. The Morgan fingerprint density at radius 3 is 2.56 bits per heavy atom. The van der Waals surface area contributed by atoms with Crippen LogP contribution < -0.4 is 11.5 Å². The van der Waals surface area contributed by atoms with Crippen LogP contribution in [0.4, 0.5) is 5.69 Å². The van der Waals surface area contributed by atoms with Gasteiger partial charge in [-0.1, -0.05) is 12.1 Å². The van der Waals surface area contributed by atoms with E-state index in [0.717, 1.165) is 0 Å². The van der Waals surface area contributed by atoms with Crippen molar-refractivity contribution in [3.8, 4) is 5.75 Å². The molecule has 0 aliphatic carbocycles. The molecular weight excluding hydrogens is 234 g/mol. The summed E-state index contributed by atoms with van der Waals surface area (Å²) in [4.78, 5) is 10.1. The summed E-state index contributed by atoms with van der Waals surface area (Å²) in [5.74, 6) is -0.391. The van der Waals surface area contributed by atoms with Crippen LogP contribution in [0, 0.1) is 17.0 Å². The van der Waals surface area contributed by atoms with Gasteiger partial charge in [0.05, 0.1) is 4.92 Å². The van der Waals surface area contributed by atoms with Crippen molar-refractivity contribution >= 4 is 18.1 Å². The Kier molecular flexibility index (Phi) is 5.16. The number of aryl methyl sites for hydroxylation is 1. The van der Waals surface area contributed by atoms with E-state index >= 15 is 0 Å². The zero-order valence-electron chi connectivity index (χ0n) is 8.71. The molecule has 1 aromatic carbocycles. The fourth-order valence-corrected chi connectivity index (χ4v) is 1.35. The van der Waals surface area contributed by atoms with Crippen molar-refractivity contribution < 1.29 is 10.0 Å². The molecule has 5 N–H and O–H groups in total. The Labute approximate surface area is 98.8 Å². The lowest BCUT2D eigenvalue weighted by atomic mass is 10.0. The van der Waals surface area contributed by atoms with Gasteiger partial charge in [0, 0.05) is 23.7 Å². The van der Waals surface area contributed by atoms with Crippen molar-refractivity contribution in [1.82, 2.24) is 0 Å². The summed E-state index contributed by atoms with van der Waals surface area (Å²) in [5, 5.41) is 20.3. The lowest BCUT2D eigenvalue weighted by Gasteiger charge is -2.11. The maximum Gasteiger partial charge on any atom is 0.313 e. The van der Waals surface area contributed by atoms with E-state index in [4.69, 9.17) is 11.5 Å². The lowest BCUT2D eigenvalue weighted by molar-refractivity contribution is -0.386. The lowest BCUT2D eigenvalue weighted by Crippen LogP contribution is -2.21. The van der Waals surface area contributed by atoms with Crippen molar-refractivity contribution in [2.45, 2.75) is 13.0 Å². The molecule has 1 atom stereocenters. The number of hydrogen-bond acceptors (Lipinski definition) is 5. The second-order valence-corrected chi connectivity index (χ2v) is 3.27. The Morgan fingerprint density at radius 2 is 2.12 bits per heavy atom. The highest BCUT2D eigenvalue weighted by Crippen LogP contribution is 2.35. The van der Waals surface area contributed by atoms with Gasteiger partial charge < -0.3 is 16.6 Å². The molecule has 0 radical (unpaired) electrons. The van der Waals surface area contributed by atoms with Gasteiger partial charge in [0.25, 0.3) is 0 Å². The smallest absolute Gasteiger partial charge is 0.313 e. The van der Waals surface area contributed by atoms with E-state index in [9.17, 15) is 15.2 Å². The first-order valence-electron chi connectivity index (χ1n) is 4.41. The number of halogens is 1. The minimum atomic E-state index is -0.628. The van der Waals surface area contributed by atoms with Gasteiger partial charge in [-0.15, -0.1) is 12.4 Å². The minimum Gasteiger partial charge on any atom is -0.502 e. The zero-order chi connectivity index (χ0) is 11.6. The summed E-state index contributed by atoms with van der Waals surface area (Å²) < 4.78 is 0. The van der Waals surface area contributed by atoms with Crippen molar-refractivity contribution in [3.05, 3.63) is 33.4 Å². The van der Waals surface area contributed by atoms with E-state index in [-0.39, 0.29) is 24.6 Å². The van der Waals surface area contributed by atoms with Crippen LogP contribution in [-0.4, -0.2) is 16.6 Å². The average Bonchev–Trinajstić information content (AvgIpc) is 2.16. The number of nitrogens with two attached hydrogens (primary N) is 2. The number of nitro groups is 1. The van der Waals surface area contributed by atoms with Crippen LogP contribution >= 0.6 is 12.4 Å². The maximum absolute atomic E-state index is 10.7. The molecule has 0 saturated heterocycles. The number of nitro benzene ring substituents is 1. The van der Waals surface area contributed by atoms with E-state index < -0.39 is 16.7 Å². The molecule has 0 unspecified atom stereocenters. The molecule has 1 rings (SSSR count). The van der Waals surface area contributed by atoms with Crippen LogP contribution in [-0.2, 0) is 0 Å². The SMILES string of the molecule is Cc1ccc([C@@H](N)CN)c(O)c1[N+](=O)[O-].Cl. The van der Waals surface area contributed by atoms with Gasteiger partial charge in [-0.2, -0.15) is 0 Å². The van der Waals surface area contributed by atoms with Crippen LogP contribution in [0.25, 0.3) is 0 Å². The van der Waals surface area contributed by atoms with Gasteiger partial charge in [0.2, 0.25) is 0 Å². The predicted molar refractivity (Wildman–Crippen MR) is 62.7 cm³/mol. The van der Waals surface area contributed by atoms with Crippen molar-refractivity contribution in [3.63, 3.8) is 0 Å². The number of phenolic OH excluding ortho intramolecular Hbond substituents is 1. The standard InChI is InChI=1S/C9H13N3O3.ClH/c1-5-2-3-6(7(11)4-10)9(13)8(5)12(14)15;/h2-3,7,13H,4,10-11H2,1H3;1H/t7-;/m0./s1. The highest BCUT2D eigenvalue weighted by atomic mass is 35.5. The third kappa shape index (κ3) is 2.60. The number of hydrogen-bond donors (Lipinski definition) is 3. The fourth-order valence-electron chi connectivity index (χ4n) is 1.35. The quantitative estimate of drug-likeness (QED) is 0.544. The van der Waals surface area contributed by atoms with Crippen LogP contribution in [0.2, 0.25) is 0 Å². The molecule has 0 aliphatic rings. The molecule has 0 aliphatic heterocycles. The highest BCUT2D eigenvalue weighted by Gasteiger charge is 2.22. The van der Waals surface area contributed by atoms with E-state index in [2.05, 4.69) is 0 Å². The third-order valence-electron chi connectivity index (χ3n) is 2.22. The number of nitrogens with zero attached hydrogens (tertiary/aromatic N) is 1. The van der Waals surface area contributed by atoms with E-state index in [0.29, 0.717) is 11.1 Å². The molecule has 90 valence electrons. The van der Waals surface area contributed by atoms with Gasteiger partial charge in [-0.05, 0) is 6.92 Å². The first-order chi connectivity index (χ1) is 6.99. The Bertz CT molecular complexity index is 398. The second kappa shape index (κ2) is 5.64. The average molecular weight is 248 g/mol. The molecule has 6 nitrogen and oxygen atoms in total. The molecule has 0 fully saturated rings. The molecule has 0 amide bonds. The molecule has 0 saturated carbocycles. The molecule has 16 heavy (non-hydrogen) atoms. The summed E-state index contributed by atoms with van der Waals surface area (Å²) >= 11 is 0. The van der Waals surface area contributed by atoms with E-state index in [1.807, 2.05) is 0 Å². The van der Waals surface area contributed by atoms with Gasteiger partial charge in [0.15, 0.2) is 5.75 Å². The molecular formula is C9H14ClN3O3. The highest BCUT2D eigenvalue weighted by molar-refractivity contribution is 5.85. The van der Waals surface area contributed by atoms with Gasteiger partial charge >= 0.3 is 5.69 Å². The predicted octanol–water partition coefficient (Wildman–Crippen LogP) is 0.989. The summed E-state index contributed by atoms with van der Waals surface area (Å²) in [6, 6.07) is 2.50. The molecule has 7 heteroatoms. The third-order valence-corrected chi connectivity index (χ3v) is 2.22. The molecule has 1 aromatic rings. The molecule has 0 bridgehead atoms. The molecule has 0 heterocycles. The number of aromatic hydroxyl groups is 1. The second-order valence-electron chi connectivity index (χ2n) is 3.27. The van der Waals surface area contributed by atoms with E-state index in [1.54, 1.807) is 19.1 Å². The van der Waals surface area contributed by atoms with Crippen molar-refractivity contribution in [2.75, 3.05) is 6.54 Å². The maximum atomic E-state index is 10.7. The Balaban J connectivity index is 0.00000225. The number of rotatable bonds is 3. The monoisotopic (exact) mass is 247 g/mol. The number of phenols is 1. The fraction of sp³-hybridized carbons (Fsp3) is 0.333. The zero-order valence-corrected chi connectivity index (χ0v) is 9.53. The van der Waals surface area contributed by atoms with Crippen LogP contribution in [0.3, 0.4) is 0 Å². The Morgan fingerprint density at radius 1 is 1.56 bits per heavy atom. The first-order valence-corrected chi connectivity index (χ1v) is 4.41. The molecule has 0 spiro atoms. The topological polar surface area (TPSA) is 115 Å². The van der Waals surface area contributed by atoms with Gasteiger partial charge in [0.1, 0.15) is 0 Å². The summed E-state index contributed by atoms with van der Waals surface area (Å²) in [5.41, 5.74) is 11.3.